The Morgan fingerprint density at radius 3 is 2.65 bits per heavy atom. The van der Waals surface area contributed by atoms with Crippen LogP contribution < -0.4 is 10.6 Å². The van der Waals surface area contributed by atoms with Crippen molar-refractivity contribution in [1.29, 1.82) is 0 Å². The normalized spacial score (nSPS) is 28.4. The molecule has 3 amide bonds. The van der Waals surface area contributed by atoms with Gasteiger partial charge in [0.15, 0.2) is 0 Å². The molecule has 5 nitrogen and oxygen atoms in total. The van der Waals surface area contributed by atoms with Gasteiger partial charge in [0.1, 0.15) is 0 Å². The van der Waals surface area contributed by atoms with Crippen LogP contribution in [-0.2, 0) is 4.79 Å². The number of carbonyl (C=O) groups excluding carboxylic acids is 2. The number of hydrogen-bond acceptors (Lipinski definition) is 2. The van der Waals surface area contributed by atoms with Crippen molar-refractivity contribution in [3.05, 3.63) is 30.3 Å². The minimum atomic E-state index is -0.250. The predicted molar refractivity (Wildman–Crippen MR) is 76.3 cm³/mol. The number of carbonyl (C=O) groups is 2. The van der Waals surface area contributed by atoms with Gasteiger partial charge in [0.25, 0.3) is 0 Å². The van der Waals surface area contributed by atoms with Crippen LogP contribution in [0.3, 0.4) is 0 Å². The molecule has 5 heteroatoms. The summed E-state index contributed by atoms with van der Waals surface area (Å²) in [5.74, 6) is 0.764. The van der Waals surface area contributed by atoms with Crippen LogP contribution in [0, 0.1) is 5.92 Å². The summed E-state index contributed by atoms with van der Waals surface area (Å²) < 4.78 is 0. The van der Waals surface area contributed by atoms with Crippen molar-refractivity contribution in [1.82, 2.24) is 10.2 Å². The van der Waals surface area contributed by atoms with Gasteiger partial charge in [0.05, 0.1) is 6.04 Å². The summed E-state index contributed by atoms with van der Waals surface area (Å²) in [6.07, 6.45) is 1.50. The maximum Gasteiger partial charge on any atom is 0.319 e. The highest BCUT2D eigenvalue weighted by Gasteiger charge is 2.44. The Morgan fingerprint density at radius 2 is 2.00 bits per heavy atom. The van der Waals surface area contributed by atoms with Crippen molar-refractivity contribution in [2.45, 2.75) is 31.8 Å². The standard InChI is InChI=1S/C15H19N3O2/c1-10-7-13(10)18-9-12(8-14(18)19)17-15(20)16-11-5-3-2-4-6-11/h2-6,10,12-13H,7-9H2,1H3,(H2,16,17,20)/t10-,12-,13+/m1/s1. The van der Waals surface area contributed by atoms with E-state index < -0.39 is 0 Å². The van der Waals surface area contributed by atoms with Crippen LogP contribution in [-0.4, -0.2) is 35.5 Å². The van der Waals surface area contributed by atoms with Crippen molar-refractivity contribution in [2.24, 2.45) is 5.92 Å². The van der Waals surface area contributed by atoms with E-state index in [-0.39, 0.29) is 18.0 Å². The fourth-order valence-corrected chi connectivity index (χ4v) is 2.76. The second kappa shape index (κ2) is 5.15. The monoisotopic (exact) mass is 273 g/mol. The van der Waals surface area contributed by atoms with Crippen molar-refractivity contribution >= 4 is 17.6 Å². The van der Waals surface area contributed by atoms with Gasteiger partial charge in [-0.2, -0.15) is 0 Å². The molecule has 2 fully saturated rings. The van der Waals surface area contributed by atoms with Crippen molar-refractivity contribution in [3.63, 3.8) is 0 Å². The van der Waals surface area contributed by atoms with Gasteiger partial charge in [-0.15, -0.1) is 0 Å². The molecule has 0 spiro atoms. The lowest BCUT2D eigenvalue weighted by Crippen LogP contribution is -2.40. The zero-order chi connectivity index (χ0) is 14.1. The molecule has 1 aliphatic carbocycles. The molecule has 1 saturated carbocycles. The number of benzene rings is 1. The highest BCUT2D eigenvalue weighted by molar-refractivity contribution is 5.90. The number of amides is 3. The molecule has 0 aromatic heterocycles. The third kappa shape index (κ3) is 2.76. The molecule has 0 bridgehead atoms. The Morgan fingerprint density at radius 1 is 1.30 bits per heavy atom. The fraction of sp³-hybridized carbons (Fsp3) is 0.467. The molecular weight excluding hydrogens is 254 g/mol. The van der Waals surface area contributed by atoms with Gasteiger partial charge >= 0.3 is 6.03 Å². The molecule has 2 N–H and O–H groups in total. The number of nitrogens with zero attached hydrogens (tertiary/aromatic N) is 1. The number of anilines is 1. The molecule has 1 aromatic rings. The molecule has 20 heavy (non-hydrogen) atoms. The number of nitrogens with one attached hydrogen (secondary N) is 2. The first-order valence-electron chi connectivity index (χ1n) is 7.05. The van der Waals surface area contributed by atoms with E-state index >= 15 is 0 Å². The van der Waals surface area contributed by atoms with Gasteiger partial charge in [-0.25, -0.2) is 4.79 Å². The smallest absolute Gasteiger partial charge is 0.319 e. The van der Waals surface area contributed by atoms with E-state index in [2.05, 4.69) is 17.6 Å². The summed E-state index contributed by atoms with van der Waals surface area (Å²) in [5, 5.41) is 5.64. The van der Waals surface area contributed by atoms with Crippen LogP contribution >= 0.6 is 0 Å². The molecule has 1 heterocycles. The first kappa shape index (κ1) is 13.0. The van der Waals surface area contributed by atoms with Crippen molar-refractivity contribution < 1.29 is 9.59 Å². The third-order valence-corrected chi connectivity index (χ3v) is 3.99. The lowest BCUT2D eigenvalue weighted by molar-refractivity contribution is -0.128. The summed E-state index contributed by atoms with van der Waals surface area (Å²) in [4.78, 5) is 25.7. The molecule has 1 saturated heterocycles. The Hall–Kier alpha value is -2.04. The summed E-state index contributed by atoms with van der Waals surface area (Å²) in [6, 6.07) is 9.35. The van der Waals surface area contributed by atoms with E-state index in [9.17, 15) is 9.59 Å². The summed E-state index contributed by atoms with van der Waals surface area (Å²) in [5.41, 5.74) is 0.752. The van der Waals surface area contributed by atoms with E-state index in [1.807, 2.05) is 35.2 Å². The van der Waals surface area contributed by atoms with Gasteiger partial charge < -0.3 is 15.5 Å². The van der Waals surface area contributed by atoms with E-state index in [1.165, 1.54) is 0 Å². The Balaban J connectivity index is 1.51. The number of hydrogen-bond donors (Lipinski definition) is 2. The first-order chi connectivity index (χ1) is 9.63. The summed E-state index contributed by atoms with van der Waals surface area (Å²) in [7, 11) is 0. The molecule has 2 aliphatic rings. The largest absolute Gasteiger partial charge is 0.337 e. The second-order valence-electron chi connectivity index (χ2n) is 5.69. The van der Waals surface area contributed by atoms with Crippen LogP contribution in [0.15, 0.2) is 30.3 Å². The van der Waals surface area contributed by atoms with Gasteiger partial charge in [0, 0.05) is 24.7 Å². The highest BCUT2D eigenvalue weighted by Crippen LogP contribution is 2.37. The van der Waals surface area contributed by atoms with Crippen molar-refractivity contribution in [2.75, 3.05) is 11.9 Å². The average molecular weight is 273 g/mol. The lowest BCUT2D eigenvalue weighted by atomic mass is 10.2. The Labute approximate surface area is 118 Å². The van der Waals surface area contributed by atoms with Gasteiger partial charge in [0.2, 0.25) is 5.91 Å². The third-order valence-electron chi connectivity index (χ3n) is 3.99. The molecule has 1 aliphatic heterocycles. The Kier molecular flexibility index (Phi) is 3.34. The van der Waals surface area contributed by atoms with E-state index in [1.54, 1.807) is 0 Å². The number of urea groups is 1. The molecule has 0 unspecified atom stereocenters. The molecular formula is C15H19N3O2. The van der Waals surface area contributed by atoms with Crippen LogP contribution in [0.2, 0.25) is 0 Å². The number of rotatable bonds is 3. The molecule has 1 aromatic carbocycles. The van der Waals surface area contributed by atoms with Gasteiger partial charge in [-0.1, -0.05) is 25.1 Å². The SMILES string of the molecule is C[C@@H]1C[C@@H]1N1C[C@H](NC(=O)Nc2ccccc2)CC1=O. The second-order valence-corrected chi connectivity index (χ2v) is 5.69. The number of para-hydroxylation sites is 1. The zero-order valence-corrected chi connectivity index (χ0v) is 11.5. The maximum atomic E-state index is 11.9. The van der Waals surface area contributed by atoms with E-state index in [0.717, 1.165) is 12.1 Å². The topological polar surface area (TPSA) is 61.4 Å². The maximum absolute atomic E-state index is 11.9. The van der Waals surface area contributed by atoms with E-state index in [0.29, 0.717) is 24.9 Å². The average Bonchev–Trinajstić information content (AvgIpc) is 3.02. The molecule has 3 rings (SSSR count). The molecule has 0 radical (unpaired) electrons. The minimum absolute atomic E-state index is 0.0842. The van der Waals surface area contributed by atoms with Crippen LogP contribution in [0.5, 0.6) is 0 Å². The lowest BCUT2D eigenvalue weighted by Gasteiger charge is -2.17. The summed E-state index contributed by atoms with van der Waals surface area (Å²) >= 11 is 0. The van der Waals surface area contributed by atoms with Crippen LogP contribution in [0.4, 0.5) is 10.5 Å². The minimum Gasteiger partial charge on any atom is -0.337 e. The van der Waals surface area contributed by atoms with Gasteiger partial charge in [-0.05, 0) is 24.5 Å². The Bertz CT molecular complexity index is 517. The molecule has 106 valence electrons. The van der Waals surface area contributed by atoms with Crippen LogP contribution in [0.25, 0.3) is 0 Å². The highest BCUT2D eigenvalue weighted by atomic mass is 16.2. The predicted octanol–water partition coefficient (Wildman–Crippen LogP) is 1.82. The number of likely N-dealkylation sites (tertiary alicyclic amines) is 1. The van der Waals surface area contributed by atoms with Crippen LogP contribution in [0.1, 0.15) is 19.8 Å². The fourth-order valence-electron chi connectivity index (χ4n) is 2.76. The first-order valence-corrected chi connectivity index (χ1v) is 7.05. The van der Waals surface area contributed by atoms with Gasteiger partial charge in [-0.3, -0.25) is 4.79 Å². The summed E-state index contributed by atoms with van der Waals surface area (Å²) in [6.45, 7) is 2.79. The zero-order valence-electron chi connectivity index (χ0n) is 11.5. The van der Waals surface area contributed by atoms with E-state index in [4.69, 9.17) is 0 Å². The quantitative estimate of drug-likeness (QED) is 0.882. The van der Waals surface area contributed by atoms with Crippen molar-refractivity contribution in [3.8, 4) is 0 Å². The molecule has 3 atom stereocenters.